The molecule has 1 saturated heterocycles. The van der Waals surface area contributed by atoms with Gasteiger partial charge >= 0.3 is 0 Å². The number of halogens is 1. The lowest BCUT2D eigenvalue weighted by atomic mass is 10.1. The summed E-state index contributed by atoms with van der Waals surface area (Å²) in [7, 11) is -2.15. The lowest BCUT2D eigenvalue weighted by Gasteiger charge is -2.13. The quantitative estimate of drug-likeness (QED) is 0.859. The van der Waals surface area contributed by atoms with Crippen molar-refractivity contribution in [3.63, 3.8) is 0 Å². The molecule has 1 atom stereocenters. The van der Waals surface area contributed by atoms with Crippen LogP contribution >= 0.6 is 11.6 Å². The Balaban J connectivity index is 2.14. The Morgan fingerprint density at radius 1 is 1.53 bits per heavy atom. The minimum atomic E-state index is -3.57. The number of rotatable bonds is 5. The summed E-state index contributed by atoms with van der Waals surface area (Å²) < 4.78 is 32.1. The summed E-state index contributed by atoms with van der Waals surface area (Å²) in [5.41, 5.74) is 0. The van der Waals surface area contributed by atoms with E-state index < -0.39 is 10.0 Å². The summed E-state index contributed by atoms with van der Waals surface area (Å²) in [5, 5.41) is 3.64. The van der Waals surface area contributed by atoms with Crippen LogP contribution in [0, 0.1) is 5.92 Å². The second-order valence-electron chi connectivity index (χ2n) is 4.51. The first kappa shape index (κ1) is 14.6. The zero-order valence-corrected chi connectivity index (χ0v) is 12.2. The molecule has 7 heteroatoms. The average molecular weight is 305 g/mol. The third-order valence-electron chi connectivity index (χ3n) is 3.14. The van der Waals surface area contributed by atoms with Crippen LogP contribution in [0.1, 0.15) is 6.42 Å². The van der Waals surface area contributed by atoms with E-state index in [-0.39, 0.29) is 10.6 Å². The predicted molar refractivity (Wildman–Crippen MR) is 74.2 cm³/mol. The van der Waals surface area contributed by atoms with Crippen molar-refractivity contribution in [1.29, 1.82) is 0 Å². The second kappa shape index (κ2) is 6.09. The highest BCUT2D eigenvalue weighted by Crippen LogP contribution is 2.27. The van der Waals surface area contributed by atoms with Gasteiger partial charge in [-0.3, -0.25) is 0 Å². The fourth-order valence-corrected chi connectivity index (χ4v) is 3.48. The van der Waals surface area contributed by atoms with E-state index in [0.717, 1.165) is 19.5 Å². The van der Waals surface area contributed by atoms with Crippen molar-refractivity contribution in [1.82, 2.24) is 10.0 Å². The van der Waals surface area contributed by atoms with Crippen LogP contribution in [0.2, 0.25) is 5.02 Å². The Labute approximate surface area is 118 Å². The van der Waals surface area contributed by atoms with Gasteiger partial charge in [0.05, 0.1) is 7.11 Å². The van der Waals surface area contributed by atoms with Crippen LogP contribution in [0.25, 0.3) is 0 Å². The molecule has 2 N–H and O–H groups in total. The average Bonchev–Trinajstić information content (AvgIpc) is 2.89. The molecule has 106 valence electrons. The Morgan fingerprint density at radius 2 is 2.32 bits per heavy atom. The Bertz CT molecular complexity index is 542. The number of methoxy groups -OCH3 is 1. The molecule has 1 aromatic carbocycles. The number of sulfonamides is 1. The molecule has 1 fully saturated rings. The van der Waals surface area contributed by atoms with Crippen molar-refractivity contribution in [2.45, 2.75) is 11.3 Å². The van der Waals surface area contributed by atoms with Crippen LogP contribution in [0.4, 0.5) is 0 Å². The smallest absolute Gasteiger partial charge is 0.244 e. The normalized spacial score (nSPS) is 19.6. The van der Waals surface area contributed by atoms with E-state index in [1.807, 2.05) is 0 Å². The van der Waals surface area contributed by atoms with Crippen LogP contribution < -0.4 is 14.8 Å². The molecule has 1 aromatic rings. The summed E-state index contributed by atoms with van der Waals surface area (Å²) in [4.78, 5) is 0.116. The lowest BCUT2D eigenvalue weighted by Crippen LogP contribution is -2.30. The van der Waals surface area contributed by atoms with Crippen molar-refractivity contribution in [3.8, 4) is 5.75 Å². The lowest BCUT2D eigenvalue weighted by molar-refractivity contribution is 0.402. The van der Waals surface area contributed by atoms with E-state index >= 15 is 0 Å². The maximum Gasteiger partial charge on any atom is 0.244 e. The fraction of sp³-hybridized carbons (Fsp3) is 0.500. The third kappa shape index (κ3) is 3.60. The molecule has 0 amide bonds. The number of nitrogens with one attached hydrogen (secondary N) is 2. The van der Waals surface area contributed by atoms with Crippen LogP contribution in [0.5, 0.6) is 5.75 Å². The molecular weight excluding hydrogens is 288 g/mol. The monoisotopic (exact) mass is 304 g/mol. The van der Waals surface area contributed by atoms with Crippen molar-refractivity contribution in [2.24, 2.45) is 5.92 Å². The van der Waals surface area contributed by atoms with Gasteiger partial charge in [-0.05, 0) is 37.6 Å². The van der Waals surface area contributed by atoms with Crippen molar-refractivity contribution < 1.29 is 13.2 Å². The number of ether oxygens (including phenoxy) is 1. The van der Waals surface area contributed by atoms with Gasteiger partial charge in [0.2, 0.25) is 10.0 Å². The fourth-order valence-electron chi connectivity index (χ4n) is 2.06. The first-order valence-electron chi connectivity index (χ1n) is 6.07. The highest BCUT2D eigenvalue weighted by atomic mass is 35.5. The maximum absolute atomic E-state index is 12.2. The molecule has 0 spiro atoms. The van der Waals surface area contributed by atoms with Gasteiger partial charge in [-0.25, -0.2) is 13.1 Å². The van der Waals surface area contributed by atoms with Crippen LogP contribution in [0.15, 0.2) is 23.1 Å². The molecule has 0 radical (unpaired) electrons. The van der Waals surface area contributed by atoms with E-state index in [4.69, 9.17) is 16.3 Å². The van der Waals surface area contributed by atoms with Gasteiger partial charge in [0.25, 0.3) is 0 Å². The van der Waals surface area contributed by atoms with Gasteiger partial charge in [-0.2, -0.15) is 0 Å². The standard InChI is InChI=1S/C12H17ClN2O3S/c1-18-11-6-10(13)2-3-12(11)19(16,17)15-8-9-4-5-14-7-9/h2-3,6,9,14-15H,4-5,7-8H2,1H3. The van der Waals surface area contributed by atoms with Crippen LogP contribution in [-0.2, 0) is 10.0 Å². The molecule has 0 aromatic heterocycles. The van der Waals surface area contributed by atoms with Crippen LogP contribution in [-0.4, -0.2) is 35.2 Å². The number of benzene rings is 1. The summed E-state index contributed by atoms with van der Waals surface area (Å²) in [6, 6.07) is 4.49. The van der Waals surface area contributed by atoms with Crippen molar-refractivity contribution in [3.05, 3.63) is 23.2 Å². The van der Waals surface area contributed by atoms with Gasteiger partial charge in [-0.15, -0.1) is 0 Å². The van der Waals surface area contributed by atoms with Gasteiger partial charge in [0.15, 0.2) is 0 Å². The molecule has 0 bridgehead atoms. The number of hydrogen-bond acceptors (Lipinski definition) is 4. The summed E-state index contributed by atoms with van der Waals surface area (Å²) in [5.74, 6) is 0.595. The Morgan fingerprint density at radius 3 is 2.95 bits per heavy atom. The molecule has 0 aliphatic carbocycles. The van der Waals surface area contributed by atoms with Gasteiger partial charge in [-0.1, -0.05) is 11.6 Å². The third-order valence-corrected chi connectivity index (χ3v) is 4.84. The Hall–Kier alpha value is -0.820. The zero-order valence-electron chi connectivity index (χ0n) is 10.6. The highest BCUT2D eigenvalue weighted by molar-refractivity contribution is 7.89. The van der Waals surface area contributed by atoms with Gasteiger partial charge in [0, 0.05) is 17.6 Å². The molecule has 1 aliphatic heterocycles. The van der Waals surface area contributed by atoms with Crippen molar-refractivity contribution in [2.75, 3.05) is 26.7 Å². The summed E-state index contributed by atoms with van der Waals surface area (Å²) in [6.07, 6.45) is 0.986. The molecule has 2 rings (SSSR count). The first-order chi connectivity index (χ1) is 9.03. The molecule has 1 aliphatic rings. The van der Waals surface area contributed by atoms with E-state index in [1.165, 1.54) is 25.3 Å². The Kier molecular flexibility index (Phi) is 4.67. The minimum Gasteiger partial charge on any atom is -0.495 e. The largest absolute Gasteiger partial charge is 0.495 e. The van der Waals surface area contributed by atoms with Gasteiger partial charge in [0.1, 0.15) is 10.6 Å². The highest BCUT2D eigenvalue weighted by Gasteiger charge is 2.22. The molecular formula is C12H17ClN2O3S. The van der Waals surface area contributed by atoms with E-state index in [9.17, 15) is 8.42 Å². The van der Waals surface area contributed by atoms with E-state index in [2.05, 4.69) is 10.0 Å². The molecule has 19 heavy (non-hydrogen) atoms. The van der Waals surface area contributed by atoms with Crippen LogP contribution in [0.3, 0.4) is 0 Å². The van der Waals surface area contributed by atoms with E-state index in [1.54, 1.807) is 0 Å². The topological polar surface area (TPSA) is 67.4 Å². The SMILES string of the molecule is COc1cc(Cl)ccc1S(=O)(=O)NCC1CCNC1. The molecule has 5 nitrogen and oxygen atoms in total. The van der Waals surface area contributed by atoms with Crippen molar-refractivity contribution >= 4 is 21.6 Å². The first-order valence-corrected chi connectivity index (χ1v) is 7.93. The minimum absolute atomic E-state index is 0.116. The second-order valence-corrected chi connectivity index (χ2v) is 6.68. The van der Waals surface area contributed by atoms with E-state index in [0.29, 0.717) is 17.5 Å². The summed E-state index contributed by atoms with van der Waals surface area (Å²) >= 11 is 5.82. The predicted octanol–water partition coefficient (Wildman–Crippen LogP) is 1.24. The zero-order chi connectivity index (χ0) is 13.9. The maximum atomic E-state index is 12.2. The molecule has 1 heterocycles. The van der Waals surface area contributed by atoms with Gasteiger partial charge < -0.3 is 10.1 Å². The molecule has 0 saturated carbocycles. The summed E-state index contributed by atoms with van der Waals surface area (Å²) in [6.45, 7) is 2.22. The number of hydrogen-bond donors (Lipinski definition) is 2. The molecule has 1 unspecified atom stereocenters.